The summed E-state index contributed by atoms with van der Waals surface area (Å²) < 4.78 is 53.6. The zero-order valence-electron chi connectivity index (χ0n) is 13.7. The van der Waals surface area contributed by atoms with E-state index in [0.29, 0.717) is 22.8 Å². The number of benzene rings is 1. The van der Waals surface area contributed by atoms with E-state index in [9.17, 15) is 13.2 Å². The predicted molar refractivity (Wildman–Crippen MR) is 87.7 cm³/mol. The third-order valence-corrected chi connectivity index (χ3v) is 3.69. The molecule has 0 aliphatic rings. The summed E-state index contributed by atoms with van der Waals surface area (Å²) in [6, 6.07) is 4.17. The molecular formula is C16H16ClF3N2O3. The van der Waals surface area contributed by atoms with Gasteiger partial charge in [0.25, 0.3) is 0 Å². The van der Waals surface area contributed by atoms with Gasteiger partial charge in [-0.2, -0.15) is 13.2 Å². The van der Waals surface area contributed by atoms with Crippen molar-refractivity contribution in [3.05, 3.63) is 40.5 Å². The molecule has 0 radical (unpaired) electrons. The first-order valence-corrected chi connectivity index (χ1v) is 7.43. The number of ether oxygens (including phenoxy) is 3. The molecule has 0 bridgehead atoms. The van der Waals surface area contributed by atoms with Crippen molar-refractivity contribution >= 4 is 17.4 Å². The van der Waals surface area contributed by atoms with E-state index in [1.807, 2.05) is 0 Å². The van der Waals surface area contributed by atoms with E-state index in [1.165, 1.54) is 21.3 Å². The van der Waals surface area contributed by atoms with Crippen molar-refractivity contribution in [3.8, 4) is 17.2 Å². The largest absolute Gasteiger partial charge is 0.496 e. The Morgan fingerprint density at radius 2 is 1.60 bits per heavy atom. The van der Waals surface area contributed by atoms with Gasteiger partial charge in [-0.3, -0.25) is 0 Å². The lowest BCUT2D eigenvalue weighted by atomic mass is 10.1. The molecule has 0 saturated carbocycles. The number of nitrogens with zero attached hydrogens (tertiary/aromatic N) is 1. The van der Waals surface area contributed by atoms with Crippen LogP contribution in [0.3, 0.4) is 0 Å². The number of nitrogens with one attached hydrogen (secondary N) is 1. The van der Waals surface area contributed by atoms with Crippen LogP contribution in [-0.2, 0) is 12.7 Å². The zero-order valence-corrected chi connectivity index (χ0v) is 14.5. The Hall–Kier alpha value is -2.35. The molecule has 25 heavy (non-hydrogen) atoms. The molecule has 1 aromatic carbocycles. The van der Waals surface area contributed by atoms with Crippen LogP contribution in [0.4, 0.5) is 19.0 Å². The monoisotopic (exact) mass is 376 g/mol. The third-order valence-electron chi connectivity index (χ3n) is 3.40. The number of alkyl halides is 3. The molecule has 9 heteroatoms. The first kappa shape index (κ1) is 19.0. The van der Waals surface area contributed by atoms with Crippen molar-refractivity contribution in [1.29, 1.82) is 0 Å². The van der Waals surface area contributed by atoms with Crippen molar-refractivity contribution in [1.82, 2.24) is 4.98 Å². The molecule has 0 fully saturated rings. The number of hydrogen-bond donors (Lipinski definition) is 1. The first-order valence-electron chi connectivity index (χ1n) is 7.05. The molecule has 1 heterocycles. The molecule has 2 rings (SSSR count). The predicted octanol–water partition coefficient (Wildman–Crippen LogP) is 4.39. The van der Waals surface area contributed by atoms with Crippen molar-refractivity contribution in [2.45, 2.75) is 12.7 Å². The molecule has 0 unspecified atom stereocenters. The second-order valence-electron chi connectivity index (χ2n) is 4.92. The van der Waals surface area contributed by atoms with Gasteiger partial charge >= 0.3 is 6.18 Å². The Bertz CT molecular complexity index is 754. The van der Waals surface area contributed by atoms with Crippen LogP contribution in [0.5, 0.6) is 17.2 Å². The number of methoxy groups -OCH3 is 3. The van der Waals surface area contributed by atoms with Crippen LogP contribution in [0, 0.1) is 0 Å². The number of rotatable bonds is 6. The zero-order chi connectivity index (χ0) is 18.6. The van der Waals surface area contributed by atoms with Crippen molar-refractivity contribution < 1.29 is 27.4 Å². The highest BCUT2D eigenvalue weighted by Crippen LogP contribution is 2.36. The van der Waals surface area contributed by atoms with E-state index in [-0.39, 0.29) is 17.4 Å². The van der Waals surface area contributed by atoms with Gasteiger partial charge in [0, 0.05) is 24.4 Å². The van der Waals surface area contributed by atoms with Gasteiger partial charge in [0.1, 0.15) is 11.6 Å². The van der Waals surface area contributed by atoms with Crippen LogP contribution < -0.4 is 19.5 Å². The van der Waals surface area contributed by atoms with E-state index in [4.69, 9.17) is 25.8 Å². The summed E-state index contributed by atoms with van der Waals surface area (Å²) in [5.74, 6) is 1.64. The highest BCUT2D eigenvalue weighted by Gasteiger charge is 2.31. The molecule has 0 spiro atoms. The smallest absolute Gasteiger partial charge is 0.417 e. The Labute approximate surface area is 147 Å². The van der Waals surface area contributed by atoms with Gasteiger partial charge in [0.05, 0.1) is 31.9 Å². The van der Waals surface area contributed by atoms with E-state index in [0.717, 1.165) is 12.3 Å². The van der Waals surface area contributed by atoms with Crippen LogP contribution in [0.1, 0.15) is 11.1 Å². The Kier molecular flexibility index (Phi) is 5.84. The maximum atomic E-state index is 12.6. The molecule has 0 aliphatic heterocycles. The van der Waals surface area contributed by atoms with Gasteiger partial charge < -0.3 is 19.5 Å². The highest BCUT2D eigenvalue weighted by molar-refractivity contribution is 6.32. The minimum atomic E-state index is -4.50. The Balaban J connectivity index is 2.24. The standard InChI is InChI=1S/C16H16ClF3N2O3/c1-23-12-6-14(25-3)13(24-2)4-9(12)7-21-15-11(17)5-10(8-22-15)16(18,19)20/h4-6,8H,7H2,1-3H3,(H,21,22). The van der Waals surface area contributed by atoms with E-state index in [2.05, 4.69) is 10.3 Å². The van der Waals surface area contributed by atoms with Crippen LogP contribution >= 0.6 is 11.6 Å². The van der Waals surface area contributed by atoms with E-state index in [1.54, 1.807) is 12.1 Å². The third kappa shape index (κ3) is 4.39. The van der Waals surface area contributed by atoms with Gasteiger partial charge in [0.15, 0.2) is 11.5 Å². The second-order valence-corrected chi connectivity index (χ2v) is 5.33. The molecule has 136 valence electrons. The van der Waals surface area contributed by atoms with Gasteiger partial charge in [0.2, 0.25) is 0 Å². The maximum absolute atomic E-state index is 12.6. The fourth-order valence-electron chi connectivity index (χ4n) is 2.13. The fraction of sp³-hybridized carbons (Fsp3) is 0.312. The lowest BCUT2D eigenvalue weighted by Crippen LogP contribution is -2.08. The summed E-state index contributed by atoms with van der Waals surface area (Å²) in [6.07, 6.45) is -3.78. The number of pyridine rings is 1. The van der Waals surface area contributed by atoms with E-state index >= 15 is 0 Å². The molecule has 2 aromatic rings. The lowest BCUT2D eigenvalue weighted by Gasteiger charge is -2.15. The highest BCUT2D eigenvalue weighted by atomic mass is 35.5. The van der Waals surface area contributed by atoms with Gasteiger partial charge in [-0.05, 0) is 12.1 Å². The second kappa shape index (κ2) is 7.69. The molecule has 0 saturated heterocycles. The maximum Gasteiger partial charge on any atom is 0.417 e. The van der Waals surface area contributed by atoms with Crippen LogP contribution in [0.15, 0.2) is 24.4 Å². The summed E-state index contributed by atoms with van der Waals surface area (Å²) in [7, 11) is 4.49. The first-order chi connectivity index (χ1) is 11.8. The summed E-state index contributed by atoms with van der Waals surface area (Å²) in [5, 5.41) is 2.75. The van der Waals surface area contributed by atoms with Crippen LogP contribution in [-0.4, -0.2) is 26.3 Å². The quantitative estimate of drug-likeness (QED) is 0.810. The summed E-state index contributed by atoms with van der Waals surface area (Å²) in [6.45, 7) is 0.210. The van der Waals surface area contributed by atoms with Gasteiger partial charge in [-0.15, -0.1) is 0 Å². The van der Waals surface area contributed by atoms with Crippen LogP contribution in [0.2, 0.25) is 5.02 Å². The normalized spacial score (nSPS) is 11.2. The molecule has 0 atom stereocenters. The number of hydrogen-bond acceptors (Lipinski definition) is 5. The SMILES string of the molecule is COc1cc(OC)c(OC)cc1CNc1ncc(C(F)(F)F)cc1Cl. The molecule has 0 aliphatic carbocycles. The number of aromatic nitrogens is 1. The average Bonchev–Trinajstić information content (AvgIpc) is 2.58. The van der Waals surface area contributed by atoms with Crippen molar-refractivity contribution in [2.24, 2.45) is 0 Å². The van der Waals surface area contributed by atoms with Crippen molar-refractivity contribution in [3.63, 3.8) is 0 Å². The van der Waals surface area contributed by atoms with Crippen LogP contribution in [0.25, 0.3) is 0 Å². The Morgan fingerprint density at radius 1 is 1.00 bits per heavy atom. The molecular weight excluding hydrogens is 361 g/mol. The Morgan fingerprint density at radius 3 is 2.12 bits per heavy atom. The molecule has 1 aromatic heterocycles. The minimum absolute atomic E-state index is 0.130. The minimum Gasteiger partial charge on any atom is -0.496 e. The van der Waals surface area contributed by atoms with Crippen molar-refractivity contribution in [2.75, 3.05) is 26.6 Å². The summed E-state index contributed by atoms with van der Waals surface area (Å²) in [4.78, 5) is 3.73. The number of halogens is 4. The lowest BCUT2D eigenvalue weighted by molar-refractivity contribution is -0.137. The van der Waals surface area contributed by atoms with Gasteiger partial charge in [-0.1, -0.05) is 11.6 Å². The summed E-state index contributed by atoms with van der Waals surface area (Å²) in [5.41, 5.74) is -0.218. The van der Waals surface area contributed by atoms with Gasteiger partial charge in [-0.25, -0.2) is 4.98 Å². The molecule has 1 N–H and O–H groups in total. The van der Waals surface area contributed by atoms with E-state index < -0.39 is 11.7 Å². The number of anilines is 1. The molecule has 5 nitrogen and oxygen atoms in total. The topological polar surface area (TPSA) is 52.6 Å². The summed E-state index contributed by atoms with van der Waals surface area (Å²) >= 11 is 5.88. The average molecular weight is 377 g/mol. The fourth-order valence-corrected chi connectivity index (χ4v) is 2.37. The molecule has 0 amide bonds.